The standard InChI is InChI=1S/C31H38F4N2O5/c1-3-41-28(38)19-40-14-13-39-11-7-4-8-12-42-23-17-27(32)29(36-18-23)30-26-16-22-9-5-6-10-24(22)25(26)15-21(2)37(30)20-31(33,34)35/h5-6,9-10,17-18,21,30H,3-4,7-8,11-16,19-20H2,1-2H3/t21-,30+/m1/s1. The van der Waals surface area contributed by atoms with Gasteiger partial charge in [-0.05, 0) is 68.2 Å². The molecule has 0 bridgehead atoms. The summed E-state index contributed by atoms with van der Waals surface area (Å²) >= 11 is 0. The molecule has 1 aromatic carbocycles. The Morgan fingerprint density at radius 2 is 1.83 bits per heavy atom. The number of pyridine rings is 1. The highest BCUT2D eigenvalue weighted by atomic mass is 19.4. The lowest BCUT2D eigenvalue weighted by Crippen LogP contribution is -2.46. The van der Waals surface area contributed by atoms with Crippen LogP contribution in [0.25, 0.3) is 5.57 Å². The summed E-state index contributed by atoms with van der Waals surface area (Å²) < 4.78 is 77.5. The zero-order valence-corrected chi connectivity index (χ0v) is 24.1. The molecule has 230 valence electrons. The molecule has 1 aromatic heterocycles. The number of ether oxygens (including phenoxy) is 4. The van der Waals surface area contributed by atoms with Crippen LogP contribution in [0, 0.1) is 5.82 Å². The van der Waals surface area contributed by atoms with Crippen LogP contribution in [0.3, 0.4) is 0 Å². The Bertz CT molecular complexity index is 1240. The van der Waals surface area contributed by atoms with Gasteiger partial charge in [-0.3, -0.25) is 9.88 Å². The Balaban J connectivity index is 1.29. The highest BCUT2D eigenvalue weighted by Gasteiger charge is 2.44. The first-order valence-electron chi connectivity index (χ1n) is 14.4. The number of unbranched alkanes of at least 4 members (excludes halogenated alkanes) is 2. The van der Waals surface area contributed by atoms with Gasteiger partial charge in [0, 0.05) is 18.7 Å². The Hall–Kier alpha value is -3.02. The molecule has 2 aliphatic rings. The van der Waals surface area contributed by atoms with Gasteiger partial charge < -0.3 is 18.9 Å². The SMILES string of the molecule is CCOC(=O)COCCOCCCCCOc1cnc([C@@H]2C3=C(C[C@@H](C)N2CC(F)(F)F)c2ccccc2C3)c(F)c1. The first kappa shape index (κ1) is 31.9. The van der Waals surface area contributed by atoms with Crippen LogP contribution in [-0.2, 0) is 25.4 Å². The predicted molar refractivity (Wildman–Crippen MR) is 148 cm³/mol. The second-order valence-corrected chi connectivity index (χ2v) is 10.5. The maximum absolute atomic E-state index is 15.5. The quantitative estimate of drug-likeness (QED) is 0.141. The molecule has 2 aromatic rings. The molecule has 0 spiro atoms. The summed E-state index contributed by atoms with van der Waals surface area (Å²) in [5.74, 6) is -0.845. The minimum absolute atomic E-state index is 0.0122. The number of rotatable bonds is 15. The molecule has 0 unspecified atom stereocenters. The molecule has 0 N–H and O–H groups in total. The minimum Gasteiger partial charge on any atom is -0.492 e. The van der Waals surface area contributed by atoms with E-state index >= 15 is 4.39 Å². The van der Waals surface area contributed by atoms with E-state index in [0.717, 1.165) is 35.1 Å². The number of hydrogen-bond acceptors (Lipinski definition) is 7. The van der Waals surface area contributed by atoms with Gasteiger partial charge in [0.05, 0.1) is 50.9 Å². The van der Waals surface area contributed by atoms with Crippen molar-refractivity contribution in [3.05, 3.63) is 64.7 Å². The maximum atomic E-state index is 15.5. The number of esters is 1. The summed E-state index contributed by atoms with van der Waals surface area (Å²) in [4.78, 5) is 16.8. The largest absolute Gasteiger partial charge is 0.492 e. The third-order valence-corrected chi connectivity index (χ3v) is 7.40. The second-order valence-electron chi connectivity index (χ2n) is 10.5. The fourth-order valence-electron chi connectivity index (χ4n) is 5.56. The van der Waals surface area contributed by atoms with E-state index in [1.54, 1.807) is 13.8 Å². The van der Waals surface area contributed by atoms with Gasteiger partial charge in [0.15, 0.2) is 0 Å². The van der Waals surface area contributed by atoms with Crippen LogP contribution in [0.15, 0.2) is 42.1 Å². The van der Waals surface area contributed by atoms with Crippen LogP contribution in [0.4, 0.5) is 17.6 Å². The maximum Gasteiger partial charge on any atom is 0.401 e. The van der Waals surface area contributed by atoms with E-state index in [-0.39, 0.29) is 18.1 Å². The zero-order valence-electron chi connectivity index (χ0n) is 24.1. The number of fused-ring (bicyclic) bond motifs is 2. The van der Waals surface area contributed by atoms with E-state index in [0.29, 0.717) is 52.3 Å². The molecule has 1 aliphatic carbocycles. The molecule has 0 radical (unpaired) electrons. The van der Waals surface area contributed by atoms with Crippen molar-refractivity contribution in [1.82, 2.24) is 9.88 Å². The second kappa shape index (κ2) is 14.9. The smallest absolute Gasteiger partial charge is 0.401 e. The Morgan fingerprint density at radius 1 is 1.07 bits per heavy atom. The number of carbonyl (C=O) groups is 1. The summed E-state index contributed by atoms with van der Waals surface area (Å²) in [7, 11) is 0. The Kier molecular flexibility index (Phi) is 11.3. The summed E-state index contributed by atoms with van der Waals surface area (Å²) in [6, 6.07) is 7.64. The molecule has 42 heavy (non-hydrogen) atoms. The van der Waals surface area contributed by atoms with Crippen LogP contribution in [-0.4, -0.2) is 74.3 Å². The molecule has 0 saturated heterocycles. The van der Waals surface area contributed by atoms with Crippen molar-refractivity contribution in [2.24, 2.45) is 0 Å². The number of aromatic nitrogens is 1. The molecule has 11 heteroatoms. The van der Waals surface area contributed by atoms with Gasteiger partial charge in [0.1, 0.15) is 18.2 Å². The van der Waals surface area contributed by atoms with Gasteiger partial charge in [-0.2, -0.15) is 13.2 Å². The third kappa shape index (κ3) is 8.52. The molecule has 7 nitrogen and oxygen atoms in total. The summed E-state index contributed by atoms with van der Waals surface area (Å²) in [6.45, 7) is 4.11. The molecule has 4 rings (SSSR count). The Labute approximate surface area is 243 Å². The van der Waals surface area contributed by atoms with Crippen LogP contribution < -0.4 is 4.74 Å². The molecule has 0 saturated carbocycles. The lowest BCUT2D eigenvalue weighted by molar-refractivity contribution is -0.155. The average Bonchev–Trinajstić information content (AvgIpc) is 3.30. The topological polar surface area (TPSA) is 70.1 Å². The van der Waals surface area contributed by atoms with Crippen molar-refractivity contribution >= 4 is 11.5 Å². The highest BCUT2D eigenvalue weighted by Crippen LogP contribution is 2.49. The van der Waals surface area contributed by atoms with Crippen molar-refractivity contribution in [1.29, 1.82) is 0 Å². The van der Waals surface area contributed by atoms with E-state index < -0.39 is 36.6 Å². The van der Waals surface area contributed by atoms with Crippen LogP contribution in [0.5, 0.6) is 5.75 Å². The van der Waals surface area contributed by atoms with Gasteiger partial charge in [0.25, 0.3) is 0 Å². The predicted octanol–water partition coefficient (Wildman–Crippen LogP) is 6.07. The van der Waals surface area contributed by atoms with Crippen molar-refractivity contribution in [2.45, 2.75) is 64.2 Å². The van der Waals surface area contributed by atoms with E-state index in [2.05, 4.69) is 4.98 Å². The fourth-order valence-corrected chi connectivity index (χ4v) is 5.56. The van der Waals surface area contributed by atoms with Crippen molar-refractivity contribution in [3.8, 4) is 5.75 Å². The van der Waals surface area contributed by atoms with E-state index in [9.17, 15) is 18.0 Å². The lowest BCUT2D eigenvalue weighted by Gasteiger charge is -2.42. The molecule has 2 heterocycles. The molecule has 0 fully saturated rings. The van der Waals surface area contributed by atoms with Crippen molar-refractivity contribution in [3.63, 3.8) is 0 Å². The summed E-state index contributed by atoms with van der Waals surface area (Å²) in [5, 5.41) is 0. The molecular weight excluding hydrogens is 556 g/mol. The average molecular weight is 595 g/mol. The Morgan fingerprint density at radius 3 is 2.60 bits per heavy atom. The number of halogens is 4. The van der Waals surface area contributed by atoms with E-state index in [1.807, 2.05) is 24.3 Å². The monoisotopic (exact) mass is 594 g/mol. The number of nitrogens with zero attached hydrogens (tertiary/aromatic N) is 2. The van der Waals surface area contributed by atoms with Gasteiger partial charge in [-0.1, -0.05) is 24.3 Å². The van der Waals surface area contributed by atoms with Gasteiger partial charge in [0.2, 0.25) is 0 Å². The van der Waals surface area contributed by atoms with Crippen molar-refractivity contribution in [2.75, 3.05) is 46.2 Å². The normalized spacial score (nSPS) is 18.6. The molecule has 1 aliphatic heterocycles. The number of hydrogen-bond donors (Lipinski definition) is 0. The van der Waals surface area contributed by atoms with Crippen LogP contribution in [0.2, 0.25) is 0 Å². The van der Waals surface area contributed by atoms with Crippen molar-refractivity contribution < 1.29 is 41.3 Å². The van der Waals surface area contributed by atoms with E-state index in [4.69, 9.17) is 18.9 Å². The highest BCUT2D eigenvalue weighted by molar-refractivity contribution is 5.78. The minimum atomic E-state index is -4.43. The zero-order chi connectivity index (χ0) is 30.1. The van der Waals surface area contributed by atoms with E-state index in [1.165, 1.54) is 17.2 Å². The number of alkyl halides is 3. The first-order chi connectivity index (χ1) is 20.2. The third-order valence-electron chi connectivity index (χ3n) is 7.40. The number of carbonyl (C=O) groups excluding carboxylic acids is 1. The van der Waals surface area contributed by atoms with Crippen LogP contribution >= 0.6 is 0 Å². The molecular formula is C31H38F4N2O5. The lowest BCUT2D eigenvalue weighted by atomic mass is 9.86. The summed E-state index contributed by atoms with van der Waals surface area (Å²) in [6.07, 6.45) is 0.226. The van der Waals surface area contributed by atoms with Gasteiger partial charge in [-0.15, -0.1) is 0 Å². The van der Waals surface area contributed by atoms with Gasteiger partial charge in [-0.25, -0.2) is 9.18 Å². The summed E-state index contributed by atoms with van der Waals surface area (Å²) in [5.41, 5.74) is 3.84. The molecule has 2 atom stereocenters. The van der Waals surface area contributed by atoms with Crippen LogP contribution in [0.1, 0.15) is 62.4 Å². The fraction of sp³-hybridized carbons (Fsp3) is 0.548. The van der Waals surface area contributed by atoms with Gasteiger partial charge >= 0.3 is 12.1 Å². The number of benzene rings is 1. The molecule has 0 amide bonds. The first-order valence-corrected chi connectivity index (χ1v) is 14.4.